The molecule has 2 aromatic heterocycles. The molecule has 0 spiro atoms. The van der Waals surface area contributed by atoms with E-state index < -0.39 is 33.7 Å². The number of rotatable bonds is 9. The van der Waals surface area contributed by atoms with Crippen LogP contribution in [-0.4, -0.2) is 97.1 Å². The van der Waals surface area contributed by atoms with Gasteiger partial charge in [-0.25, -0.2) is 28.0 Å². The highest BCUT2D eigenvalue weighted by Crippen LogP contribution is 2.28. The number of likely N-dealkylation sites (N-methyl/N-ethyl adjacent to an activating group) is 1. The lowest BCUT2D eigenvalue weighted by atomic mass is 10.1. The number of nitrogens with zero attached hydrogens (tertiary/aromatic N) is 6. The van der Waals surface area contributed by atoms with Crippen molar-refractivity contribution >= 4 is 33.6 Å². The molecule has 43 heavy (non-hydrogen) atoms. The topological polar surface area (TPSA) is 147 Å². The van der Waals surface area contributed by atoms with Crippen molar-refractivity contribution in [2.24, 2.45) is 0 Å². The summed E-state index contributed by atoms with van der Waals surface area (Å²) in [5, 5.41) is 3.07. The lowest BCUT2D eigenvalue weighted by Crippen LogP contribution is -2.48. The largest absolute Gasteiger partial charge is 0.458 e. The number of esters is 1. The molecule has 13 nitrogen and oxygen atoms in total. The maximum atomic E-state index is 13.3. The Morgan fingerprint density at radius 2 is 1.74 bits per heavy atom. The normalized spacial score (nSPS) is 15.0. The van der Waals surface area contributed by atoms with E-state index in [0.717, 1.165) is 23.0 Å². The zero-order valence-corrected chi connectivity index (χ0v) is 25.7. The molecule has 4 rings (SSSR count). The van der Waals surface area contributed by atoms with Crippen LogP contribution in [0.15, 0.2) is 66.2 Å². The molecule has 1 atom stereocenters. The number of hydrogen-bond acceptors (Lipinski definition) is 11. The van der Waals surface area contributed by atoms with Gasteiger partial charge in [-0.1, -0.05) is 12.1 Å². The van der Waals surface area contributed by atoms with E-state index in [2.05, 4.69) is 25.2 Å². The quantitative estimate of drug-likeness (QED) is 0.356. The molecular weight excluding hydrogens is 574 g/mol. The Hall–Kier alpha value is -4.30. The van der Waals surface area contributed by atoms with Crippen molar-refractivity contribution in [3.8, 4) is 5.75 Å². The van der Waals surface area contributed by atoms with E-state index >= 15 is 0 Å². The number of ether oxygens (including phenoxy) is 2. The Morgan fingerprint density at radius 3 is 2.37 bits per heavy atom. The predicted molar refractivity (Wildman–Crippen MR) is 160 cm³/mol. The van der Waals surface area contributed by atoms with Gasteiger partial charge in [-0.15, -0.1) is 0 Å². The summed E-state index contributed by atoms with van der Waals surface area (Å²) in [4.78, 5) is 41.9. The van der Waals surface area contributed by atoms with Crippen LogP contribution >= 0.6 is 0 Å². The number of benzene rings is 1. The first-order valence-electron chi connectivity index (χ1n) is 13.8. The summed E-state index contributed by atoms with van der Waals surface area (Å²) in [5.41, 5.74) is 0.105. The fraction of sp³-hybridized carbons (Fsp3) is 0.414. The fourth-order valence-corrected chi connectivity index (χ4v) is 5.42. The van der Waals surface area contributed by atoms with E-state index in [1.165, 1.54) is 44.1 Å². The van der Waals surface area contributed by atoms with Crippen molar-refractivity contribution in [3.05, 3.63) is 66.9 Å². The number of piperazine rings is 1. The molecule has 3 aromatic rings. The summed E-state index contributed by atoms with van der Waals surface area (Å²) in [7, 11) is -0.616. The molecule has 230 valence electrons. The molecule has 14 heteroatoms. The fourth-order valence-electron chi connectivity index (χ4n) is 4.27. The first-order chi connectivity index (χ1) is 20.3. The highest BCUT2D eigenvalue weighted by atomic mass is 32.2. The van der Waals surface area contributed by atoms with Crippen molar-refractivity contribution in [2.75, 3.05) is 49.9 Å². The highest BCUT2D eigenvalue weighted by Gasteiger charge is 2.30. The van der Waals surface area contributed by atoms with Crippen LogP contribution in [0.1, 0.15) is 26.3 Å². The molecule has 1 saturated heterocycles. The van der Waals surface area contributed by atoms with Gasteiger partial charge in [-0.05, 0) is 57.6 Å². The van der Waals surface area contributed by atoms with Gasteiger partial charge in [-0.3, -0.25) is 9.29 Å². The smallest absolute Gasteiger partial charge is 0.415 e. The minimum atomic E-state index is -4.00. The average molecular weight is 612 g/mol. The molecule has 0 saturated carbocycles. The Balaban J connectivity index is 1.53. The SMILES string of the molecule is CN1CCN(C(=O)Oc2ccc(C[C@H](Nc3ncncc3N(C)S(=O)(=O)c3cccnc3)C(=O)OC(C)(C)C)cc2)CC1. The molecule has 1 aromatic carbocycles. The van der Waals surface area contributed by atoms with E-state index in [1.807, 2.05) is 7.05 Å². The van der Waals surface area contributed by atoms with Crippen molar-refractivity contribution in [3.63, 3.8) is 0 Å². The minimum absolute atomic E-state index is 0.00981. The summed E-state index contributed by atoms with van der Waals surface area (Å²) >= 11 is 0. The summed E-state index contributed by atoms with van der Waals surface area (Å²) in [6.45, 7) is 8.04. The molecule has 3 heterocycles. The predicted octanol–water partition coefficient (Wildman–Crippen LogP) is 2.81. The Labute approximate surface area is 251 Å². The number of anilines is 2. The second kappa shape index (κ2) is 13.3. The van der Waals surface area contributed by atoms with Crippen LogP contribution in [0.5, 0.6) is 5.75 Å². The first-order valence-corrected chi connectivity index (χ1v) is 15.2. The lowest BCUT2D eigenvalue weighted by molar-refractivity contribution is -0.155. The maximum absolute atomic E-state index is 13.3. The summed E-state index contributed by atoms with van der Waals surface area (Å²) < 4.78 is 38.8. The zero-order valence-electron chi connectivity index (χ0n) is 24.9. The van der Waals surface area contributed by atoms with Crippen LogP contribution in [0.3, 0.4) is 0 Å². The molecular formula is C29H37N7O6S. The highest BCUT2D eigenvalue weighted by molar-refractivity contribution is 7.92. The maximum Gasteiger partial charge on any atom is 0.415 e. The summed E-state index contributed by atoms with van der Waals surface area (Å²) in [5.74, 6) is -0.0475. The molecule has 0 radical (unpaired) electrons. The van der Waals surface area contributed by atoms with Gasteiger partial charge < -0.3 is 24.6 Å². The average Bonchev–Trinajstić information content (AvgIpc) is 2.97. The van der Waals surface area contributed by atoms with Gasteiger partial charge in [0.1, 0.15) is 34.3 Å². The van der Waals surface area contributed by atoms with Crippen LogP contribution in [-0.2, 0) is 26.0 Å². The van der Waals surface area contributed by atoms with Crippen LogP contribution < -0.4 is 14.4 Å². The lowest BCUT2D eigenvalue weighted by Gasteiger charge is -2.31. The third-order valence-electron chi connectivity index (χ3n) is 6.66. The number of aromatic nitrogens is 3. The molecule has 1 N–H and O–H groups in total. The Bertz CT molecular complexity index is 1510. The minimum Gasteiger partial charge on any atom is -0.458 e. The Kier molecular flexibility index (Phi) is 9.81. The number of amides is 1. The van der Waals surface area contributed by atoms with Gasteiger partial charge in [0.25, 0.3) is 10.0 Å². The van der Waals surface area contributed by atoms with Crippen molar-refractivity contribution < 1.29 is 27.5 Å². The van der Waals surface area contributed by atoms with E-state index in [-0.39, 0.29) is 22.8 Å². The summed E-state index contributed by atoms with van der Waals surface area (Å²) in [6.07, 6.45) is 5.09. The van der Waals surface area contributed by atoms with Crippen LogP contribution in [0, 0.1) is 0 Å². The number of sulfonamides is 1. The monoisotopic (exact) mass is 611 g/mol. The van der Waals surface area contributed by atoms with Gasteiger partial charge >= 0.3 is 12.1 Å². The van der Waals surface area contributed by atoms with Crippen LogP contribution in [0.25, 0.3) is 0 Å². The van der Waals surface area contributed by atoms with Crippen molar-refractivity contribution in [2.45, 2.75) is 43.7 Å². The zero-order chi connectivity index (χ0) is 31.2. The number of carbonyl (C=O) groups excluding carboxylic acids is 2. The standard InChI is InChI=1S/C29H37N7O6S/c1-29(2,3)42-27(37)24(17-21-8-10-22(11-9-21)41-28(38)36-15-13-34(4)14-16-36)33-26-25(19-31-20-32-26)35(5)43(39,40)23-7-6-12-30-18-23/h6-12,18-20,24H,13-17H2,1-5H3,(H,31,32,33)/t24-/m0/s1. The second-order valence-corrected chi connectivity index (χ2v) is 13.1. The second-order valence-electron chi connectivity index (χ2n) is 11.2. The van der Waals surface area contributed by atoms with E-state index in [4.69, 9.17) is 9.47 Å². The third-order valence-corrected chi connectivity index (χ3v) is 8.41. The van der Waals surface area contributed by atoms with Crippen LogP contribution in [0.2, 0.25) is 0 Å². The van der Waals surface area contributed by atoms with Gasteiger partial charge in [0.15, 0.2) is 5.82 Å². The molecule has 0 unspecified atom stereocenters. The van der Waals surface area contributed by atoms with Gasteiger partial charge in [0.05, 0.1) is 6.20 Å². The molecule has 1 aliphatic rings. The number of nitrogens with one attached hydrogen (secondary N) is 1. The summed E-state index contributed by atoms with van der Waals surface area (Å²) in [6, 6.07) is 8.86. The number of carbonyl (C=O) groups is 2. The van der Waals surface area contributed by atoms with Gasteiger partial charge in [-0.2, -0.15) is 0 Å². The van der Waals surface area contributed by atoms with Crippen molar-refractivity contribution in [1.29, 1.82) is 0 Å². The molecule has 1 aliphatic heterocycles. The number of pyridine rings is 1. The van der Waals surface area contributed by atoms with E-state index in [1.54, 1.807) is 49.9 Å². The molecule has 1 amide bonds. The molecule has 0 bridgehead atoms. The van der Waals surface area contributed by atoms with Gasteiger partial charge in [0.2, 0.25) is 0 Å². The third kappa shape index (κ3) is 8.38. The van der Waals surface area contributed by atoms with E-state index in [0.29, 0.717) is 18.8 Å². The number of hydrogen-bond donors (Lipinski definition) is 1. The molecule has 1 fully saturated rings. The first kappa shape index (κ1) is 31.6. The Morgan fingerprint density at radius 1 is 1.05 bits per heavy atom. The molecule has 0 aliphatic carbocycles. The van der Waals surface area contributed by atoms with Crippen LogP contribution in [0.4, 0.5) is 16.3 Å². The van der Waals surface area contributed by atoms with Gasteiger partial charge in [0, 0.05) is 52.0 Å². The van der Waals surface area contributed by atoms with E-state index in [9.17, 15) is 18.0 Å². The van der Waals surface area contributed by atoms with Crippen molar-refractivity contribution in [1.82, 2.24) is 24.8 Å².